The Morgan fingerprint density at radius 3 is 2.80 bits per heavy atom. The minimum absolute atomic E-state index is 0.0162. The molecule has 2 atom stereocenters. The predicted octanol–water partition coefficient (Wildman–Crippen LogP) is 3.17. The Balaban J connectivity index is 2.25. The summed E-state index contributed by atoms with van der Waals surface area (Å²) in [6.45, 7) is 12.5. The van der Waals surface area contributed by atoms with E-state index < -0.39 is 6.17 Å². The zero-order valence-corrected chi connectivity index (χ0v) is 10.1. The maximum absolute atomic E-state index is 13.6. The van der Waals surface area contributed by atoms with Crippen LogP contribution in [0.2, 0.25) is 0 Å². The molecular formula is C13H22FN. The van der Waals surface area contributed by atoms with E-state index in [4.69, 9.17) is 0 Å². The molecule has 0 spiro atoms. The van der Waals surface area contributed by atoms with Crippen LogP contribution < -0.4 is 0 Å². The van der Waals surface area contributed by atoms with Crippen LogP contribution in [0.3, 0.4) is 0 Å². The zero-order chi connectivity index (χ0) is 11.3. The highest BCUT2D eigenvalue weighted by molar-refractivity contribution is 5.27. The second-order valence-electron chi connectivity index (χ2n) is 6.37. The molecule has 0 saturated carbocycles. The van der Waals surface area contributed by atoms with Crippen molar-refractivity contribution in [2.45, 2.75) is 51.7 Å². The lowest BCUT2D eigenvalue weighted by atomic mass is 9.75. The molecule has 0 bridgehead atoms. The first kappa shape index (κ1) is 11.1. The van der Waals surface area contributed by atoms with Crippen LogP contribution in [0, 0.1) is 5.41 Å². The van der Waals surface area contributed by atoms with Crippen LogP contribution in [-0.4, -0.2) is 29.7 Å². The molecule has 2 saturated heterocycles. The van der Waals surface area contributed by atoms with Gasteiger partial charge in [0.15, 0.2) is 0 Å². The normalized spacial score (nSPS) is 37.3. The minimum Gasteiger partial charge on any atom is -0.291 e. The maximum atomic E-state index is 13.6. The fourth-order valence-corrected chi connectivity index (χ4v) is 3.34. The molecule has 1 nitrogen and oxygen atoms in total. The quantitative estimate of drug-likeness (QED) is 0.602. The van der Waals surface area contributed by atoms with Gasteiger partial charge in [0.25, 0.3) is 0 Å². The van der Waals surface area contributed by atoms with Crippen molar-refractivity contribution < 1.29 is 4.39 Å². The molecule has 2 rings (SSSR count). The van der Waals surface area contributed by atoms with Crippen molar-refractivity contribution in [3.05, 3.63) is 12.2 Å². The van der Waals surface area contributed by atoms with E-state index in [0.29, 0.717) is 13.0 Å². The summed E-state index contributed by atoms with van der Waals surface area (Å²) in [6, 6.07) is 0. The second-order valence-corrected chi connectivity index (χ2v) is 6.37. The number of alkyl halides is 1. The number of hydrogen-bond donors (Lipinski definition) is 0. The molecule has 0 aromatic rings. The van der Waals surface area contributed by atoms with Crippen LogP contribution in [0.5, 0.6) is 0 Å². The number of fused-ring (bicyclic) bond motifs is 1. The third-order valence-corrected chi connectivity index (χ3v) is 3.75. The number of halogens is 1. The van der Waals surface area contributed by atoms with E-state index in [-0.39, 0.29) is 11.0 Å². The second kappa shape index (κ2) is 3.31. The Morgan fingerprint density at radius 1 is 1.53 bits per heavy atom. The van der Waals surface area contributed by atoms with Crippen LogP contribution >= 0.6 is 0 Å². The van der Waals surface area contributed by atoms with E-state index in [0.717, 1.165) is 19.4 Å². The van der Waals surface area contributed by atoms with Gasteiger partial charge in [-0.25, -0.2) is 4.39 Å². The molecule has 15 heavy (non-hydrogen) atoms. The lowest BCUT2D eigenvalue weighted by molar-refractivity contribution is 0.155. The maximum Gasteiger partial charge on any atom is 0.115 e. The third kappa shape index (κ3) is 1.84. The highest BCUT2D eigenvalue weighted by Gasteiger charge is 2.52. The summed E-state index contributed by atoms with van der Waals surface area (Å²) in [7, 11) is 0. The summed E-state index contributed by atoms with van der Waals surface area (Å²) >= 11 is 0. The van der Waals surface area contributed by atoms with Crippen LogP contribution in [0.4, 0.5) is 4.39 Å². The molecule has 0 aromatic carbocycles. The van der Waals surface area contributed by atoms with Gasteiger partial charge in [-0.05, 0) is 18.3 Å². The van der Waals surface area contributed by atoms with Gasteiger partial charge >= 0.3 is 0 Å². The van der Waals surface area contributed by atoms with Crippen molar-refractivity contribution in [3.8, 4) is 0 Å². The number of hydrogen-bond acceptors (Lipinski definition) is 1. The van der Waals surface area contributed by atoms with Crippen LogP contribution in [-0.2, 0) is 0 Å². The highest BCUT2D eigenvalue weighted by atomic mass is 19.1. The molecule has 1 unspecified atom stereocenters. The van der Waals surface area contributed by atoms with Crippen molar-refractivity contribution in [2.24, 2.45) is 5.41 Å². The van der Waals surface area contributed by atoms with Crippen LogP contribution in [0.25, 0.3) is 0 Å². The molecule has 2 heterocycles. The first-order chi connectivity index (χ1) is 6.83. The van der Waals surface area contributed by atoms with E-state index >= 15 is 0 Å². The summed E-state index contributed by atoms with van der Waals surface area (Å²) in [6.07, 6.45) is 2.12. The average molecular weight is 211 g/mol. The predicted molar refractivity (Wildman–Crippen MR) is 61.6 cm³/mol. The van der Waals surface area contributed by atoms with E-state index in [1.54, 1.807) is 0 Å². The summed E-state index contributed by atoms with van der Waals surface area (Å²) < 4.78 is 13.6. The first-order valence-electron chi connectivity index (χ1n) is 5.91. The Hall–Kier alpha value is -0.370. The number of rotatable bonds is 1. The van der Waals surface area contributed by atoms with Gasteiger partial charge in [-0.2, -0.15) is 0 Å². The van der Waals surface area contributed by atoms with E-state index in [9.17, 15) is 4.39 Å². The van der Waals surface area contributed by atoms with Crippen molar-refractivity contribution in [1.29, 1.82) is 0 Å². The monoisotopic (exact) mass is 211 g/mol. The third-order valence-electron chi connectivity index (χ3n) is 3.75. The van der Waals surface area contributed by atoms with Gasteiger partial charge in [0.05, 0.1) is 0 Å². The molecule has 0 radical (unpaired) electrons. The van der Waals surface area contributed by atoms with E-state index in [1.807, 2.05) is 0 Å². The average Bonchev–Trinajstić information content (AvgIpc) is 2.47. The largest absolute Gasteiger partial charge is 0.291 e. The highest BCUT2D eigenvalue weighted by Crippen LogP contribution is 2.48. The Bertz CT molecular complexity index is 279. The summed E-state index contributed by atoms with van der Waals surface area (Å²) in [5.74, 6) is 0. The van der Waals surface area contributed by atoms with Gasteiger partial charge in [0.2, 0.25) is 0 Å². The molecule has 2 aliphatic heterocycles. The lowest BCUT2D eigenvalue weighted by Crippen LogP contribution is -2.42. The zero-order valence-electron chi connectivity index (χ0n) is 10.1. The fraction of sp³-hybridized carbons (Fsp3) is 0.846. The van der Waals surface area contributed by atoms with Gasteiger partial charge in [0.1, 0.15) is 6.17 Å². The van der Waals surface area contributed by atoms with Gasteiger partial charge in [-0.3, -0.25) is 4.90 Å². The molecule has 86 valence electrons. The summed E-state index contributed by atoms with van der Waals surface area (Å²) in [4.78, 5) is 2.32. The van der Waals surface area contributed by atoms with Gasteiger partial charge in [-0.1, -0.05) is 32.9 Å². The molecule has 0 aliphatic carbocycles. The molecular weight excluding hydrogens is 189 g/mol. The van der Waals surface area contributed by atoms with E-state index in [1.165, 1.54) is 5.57 Å². The smallest absolute Gasteiger partial charge is 0.115 e. The van der Waals surface area contributed by atoms with Crippen LogP contribution in [0.15, 0.2) is 12.2 Å². The first-order valence-corrected chi connectivity index (χ1v) is 5.91. The summed E-state index contributed by atoms with van der Waals surface area (Å²) in [5, 5.41) is 0. The molecule has 0 amide bonds. The molecule has 2 heteroatoms. The van der Waals surface area contributed by atoms with Gasteiger partial charge < -0.3 is 0 Å². The summed E-state index contributed by atoms with van der Waals surface area (Å²) in [5.41, 5.74) is 1.49. The van der Waals surface area contributed by atoms with Crippen molar-refractivity contribution in [3.63, 3.8) is 0 Å². The topological polar surface area (TPSA) is 3.24 Å². The van der Waals surface area contributed by atoms with Gasteiger partial charge in [-0.15, -0.1) is 0 Å². The van der Waals surface area contributed by atoms with E-state index in [2.05, 4.69) is 32.3 Å². The lowest BCUT2D eigenvalue weighted by Gasteiger charge is -2.38. The van der Waals surface area contributed by atoms with Crippen molar-refractivity contribution >= 4 is 0 Å². The van der Waals surface area contributed by atoms with Gasteiger partial charge in [0, 0.05) is 25.0 Å². The van der Waals surface area contributed by atoms with Crippen molar-refractivity contribution in [1.82, 2.24) is 4.90 Å². The minimum atomic E-state index is -0.649. The van der Waals surface area contributed by atoms with Crippen LogP contribution in [0.1, 0.15) is 40.0 Å². The number of nitrogens with zero attached hydrogens (tertiary/aromatic N) is 1. The molecule has 0 aromatic heterocycles. The Labute approximate surface area is 92.3 Å². The molecule has 2 aliphatic rings. The van der Waals surface area contributed by atoms with Crippen molar-refractivity contribution in [2.75, 3.05) is 13.1 Å². The SMILES string of the molecule is C=C1CCN2C[C@H](F)CC12CC(C)(C)C. The molecule has 2 fully saturated rings. The standard InChI is InChI=1S/C13H22FN/c1-10-5-6-15-8-11(14)7-13(10,15)9-12(2,3)4/h11H,1,5-9H2,2-4H3/t11-,13?/m1/s1. The molecule has 0 N–H and O–H groups in total. The Morgan fingerprint density at radius 2 is 2.20 bits per heavy atom. The Kier molecular flexibility index (Phi) is 2.45. The fourth-order valence-electron chi connectivity index (χ4n) is 3.34.